The molecule has 1 aliphatic heterocycles. The maximum Gasteiger partial charge on any atom is 0.246 e. The quantitative estimate of drug-likeness (QED) is 0.834. The second-order valence-electron chi connectivity index (χ2n) is 6.10. The molecule has 132 valence electrons. The van der Waals surface area contributed by atoms with Gasteiger partial charge in [0.1, 0.15) is 16.5 Å². The van der Waals surface area contributed by atoms with Crippen molar-refractivity contribution in [2.75, 3.05) is 32.7 Å². The Morgan fingerprint density at radius 3 is 2.46 bits per heavy atom. The predicted molar refractivity (Wildman–Crippen MR) is 82.7 cm³/mol. The number of benzene rings is 1. The van der Waals surface area contributed by atoms with Gasteiger partial charge in [0.15, 0.2) is 0 Å². The molecule has 1 aromatic rings. The summed E-state index contributed by atoms with van der Waals surface area (Å²) in [6, 6.07) is 2.67. The molecule has 1 amide bonds. The molecule has 1 saturated heterocycles. The van der Waals surface area contributed by atoms with Gasteiger partial charge in [0.25, 0.3) is 0 Å². The summed E-state index contributed by atoms with van der Waals surface area (Å²) in [5.41, 5.74) is 0. The smallest absolute Gasteiger partial charge is 0.246 e. The number of sulfonamides is 1. The molecule has 0 spiro atoms. The van der Waals surface area contributed by atoms with E-state index in [-0.39, 0.29) is 31.6 Å². The molecule has 0 atom stereocenters. The third-order valence-corrected chi connectivity index (χ3v) is 6.07. The summed E-state index contributed by atoms with van der Waals surface area (Å²) in [7, 11) is -4.08. The number of amides is 1. The molecule has 0 bridgehead atoms. The molecule has 1 N–H and O–H groups in total. The monoisotopic (exact) mass is 359 g/mol. The van der Waals surface area contributed by atoms with Gasteiger partial charge in [-0.15, -0.1) is 0 Å². The van der Waals surface area contributed by atoms with Crippen molar-refractivity contribution >= 4 is 15.9 Å². The van der Waals surface area contributed by atoms with Gasteiger partial charge in [0.05, 0.1) is 6.54 Å². The molecule has 2 aliphatic rings. The maximum absolute atomic E-state index is 13.8. The summed E-state index contributed by atoms with van der Waals surface area (Å²) >= 11 is 0. The molecule has 3 rings (SSSR count). The highest BCUT2D eigenvalue weighted by atomic mass is 32.2. The van der Waals surface area contributed by atoms with Crippen LogP contribution in [-0.2, 0) is 14.8 Å². The first-order valence-electron chi connectivity index (χ1n) is 7.83. The highest BCUT2D eigenvalue weighted by molar-refractivity contribution is 7.89. The second kappa shape index (κ2) is 6.73. The summed E-state index contributed by atoms with van der Waals surface area (Å²) in [4.78, 5) is 13.0. The number of carbonyl (C=O) groups is 1. The summed E-state index contributed by atoms with van der Waals surface area (Å²) in [6.45, 7) is 1.23. The third-order valence-electron chi connectivity index (χ3n) is 4.15. The topological polar surface area (TPSA) is 69.7 Å². The highest BCUT2D eigenvalue weighted by Gasteiger charge is 2.32. The fraction of sp³-hybridized carbons (Fsp3) is 0.533. The number of hydrogen-bond acceptors (Lipinski definition) is 4. The van der Waals surface area contributed by atoms with Crippen LogP contribution in [0.5, 0.6) is 0 Å². The van der Waals surface area contributed by atoms with Crippen molar-refractivity contribution in [3.05, 3.63) is 29.8 Å². The first-order valence-corrected chi connectivity index (χ1v) is 9.27. The Kier molecular flexibility index (Phi) is 4.84. The average molecular weight is 359 g/mol. The van der Waals surface area contributed by atoms with Crippen molar-refractivity contribution < 1.29 is 22.0 Å². The van der Waals surface area contributed by atoms with Crippen LogP contribution in [0.25, 0.3) is 0 Å². The minimum absolute atomic E-state index is 0.0648. The molecule has 1 aliphatic carbocycles. The van der Waals surface area contributed by atoms with E-state index in [0.29, 0.717) is 19.2 Å². The van der Waals surface area contributed by atoms with Gasteiger partial charge in [-0.3, -0.25) is 9.69 Å². The lowest BCUT2D eigenvalue weighted by Gasteiger charge is -2.33. The zero-order chi connectivity index (χ0) is 17.3. The average Bonchev–Trinajstić information content (AvgIpc) is 3.34. The van der Waals surface area contributed by atoms with Crippen molar-refractivity contribution in [2.24, 2.45) is 0 Å². The van der Waals surface area contributed by atoms with Gasteiger partial charge in [-0.2, -0.15) is 4.31 Å². The molecule has 0 radical (unpaired) electrons. The largest absolute Gasteiger partial charge is 0.352 e. The molecule has 2 fully saturated rings. The van der Waals surface area contributed by atoms with Crippen molar-refractivity contribution in [1.82, 2.24) is 14.5 Å². The van der Waals surface area contributed by atoms with E-state index in [2.05, 4.69) is 5.32 Å². The van der Waals surface area contributed by atoms with Gasteiger partial charge in [-0.25, -0.2) is 17.2 Å². The van der Waals surface area contributed by atoms with Gasteiger partial charge in [-0.1, -0.05) is 0 Å². The Bertz CT molecular complexity index is 729. The van der Waals surface area contributed by atoms with Crippen LogP contribution in [0.15, 0.2) is 23.1 Å². The third kappa shape index (κ3) is 3.90. The molecule has 9 heteroatoms. The number of piperazine rings is 1. The van der Waals surface area contributed by atoms with Crippen LogP contribution in [0, 0.1) is 11.6 Å². The minimum atomic E-state index is -4.08. The number of halogens is 2. The molecule has 1 heterocycles. The summed E-state index contributed by atoms with van der Waals surface area (Å²) < 4.78 is 53.1. The summed E-state index contributed by atoms with van der Waals surface area (Å²) in [6.07, 6.45) is 2.02. The lowest BCUT2D eigenvalue weighted by atomic mass is 10.3. The van der Waals surface area contributed by atoms with Crippen LogP contribution in [0.1, 0.15) is 12.8 Å². The SMILES string of the molecule is O=C(CN1CCN(S(=O)(=O)c2cc(F)ccc2F)CC1)NC1CC1. The molecule has 1 saturated carbocycles. The van der Waals surface area contributed by atoms with E-state index in [0.717, 1.165) is 29.3 Å². The van der Waals surface area contributed by atoms with E-state index in [1.54, 1.807) is 0 Å². The predicted octanol–water partition coefficient (Wildman–Crippen LogP) is 0.550. The Morgan fingerprint density at radius 2 is 1.83 bits per heavy atom. The highest BCUT2D eigenvalue weighted by Crippen LogP contribution is 2.22. The summed E-state index contributed by atoms with van der Waals surface area (Å²) in [5, 5.41) is 2.88. The lowest BCUT2D eigenvalue weighted by Crippen LogP contribution is -2.51. The second-order valence-corrected chi connectivity index (χ2v) is 8.00. The lowest BCUT2D eigenvalue weighted by molar-refractivity contribution is -0.122. The first kappa shape index (κ1) is 17.2. The Balaban J connectivity index is 1.60. The Hall–Kier alpha value is -1.58. The van der Waals surface area contributed by atoms with E-state index in [1.807, 2.05) is 4.90 Å². The Morgan fingerprint density at radius 1 is 1.17 bits per heavy atom. The number of nitrogens with one attached hydrogen (secondary N) is 1. The number of hydrogen-bond donors (Lipinski definition) is 1. The van der Waals surface area contributed by atoms with E-state index < -0.39 is 26.6 Å². The zero-order valence-electron chi connectivity index (χ0n) is 13.0. The van der Waals surface area contributed by atoms with Crippen LogP contribution in [0.4, 0.5) is 8.78 Å². The summed E-state index contributed by atoms with van der Waals surface area (Å²) in [5.74, 6) is -1.84. The fourth-order valence-corrected chi connectivity index (χ4v) is 4.14. The van der Waals surface area contributed by atoms with Crippen LogP contribution >= 0.6 is 0 Å². The number of rotatable bonds is 5. The maximum atomic E-state index is 13.8. The van der Waals surface area contributed by atoms with Crippen LogP contribution in [0.3, 0.4) is 0 Å². The van der Waals surface area contributed by atoms with Gasteiger partial charge in [0.2, 0.25) is 15.9 Å². The molecule has 1 aromatic carbocycles. The van der Waals surface area contributed by atoms with Gasteiger partial charge >= 0.3 is 0 Å². The molecular weight excluding hydrogens is 340 g/mol. The van der Waals surface area contributed by atoms with Crippen LogP contribution in [-0.4, -0.2) is 62.3 Å². The molecule has 0 unspecified atom stereocenters. The van der Waals surface area contributed by atoms with Gasteiger partial charge in [0, 0.05) is 32.2 Å². The van der Waals surface area contributed by atoms with Crippen molar-refractivity contribution in [1.29, 1.82) is 0 Å². The van der Waals surface area contributed by atoms with Crippen LogP contribution in [0.2, 0.25) is 0 Å². The zero-order valence-corrected chi connectivity index (χ0v) is 13.9. The Labute approximate surface area is 139 Å². The van der Waals surface area contributed by atoms with E-state index >= 15 is 0 Å². The fourth-order valence-electron chi connectivity index (χ4n) is 2.65. The molecule has 0 aromatic heterocycles. The van der Waals surface area contributed by atoms with Gasteiger partial charge < -0.3 is 5.32 Å². The minimum Gasteiger partial charge on any atom is -0.352 e. The molecule has 24 heavy (non-hydrogen) atoms. The van der Waals surface area contributed by atoms with Crippen LogP contribution < -0.4 is 5.32 Å². The van der Waals surface area contributed by atoms with Crippen molar-refractivity contribution in [3.8, 4) is 0 Å². The molecular formula is C15H19F2N3O3S. The van der Waals surface area contributed by atoms with Crippen molar-refractivity contribution in [2.45, 2.75) is 23.8 Å². The van der Waals surface area contributed by atoms with E-state index in [1.165, 1.54) is 0 Å². The number of carbonyl (C=O) groups excluding carboxylic acids is 1. The van der Waals surface area contributed by atoms with Crippen molar-refractivity contribution in [3.63, 3.8) is 0 Å². The van der Waals surface area contributed by atoms with E-state index in [4.69, 9.17) is 0 Å². The normalized spacial score (nSPS) is 20.1. The van der Waals surface area contributed by atoms with E-state index in [9.17, 15) is 22.0 Å². The number of nitrogens with zero attached hydrogens (tertiary/aromatic N) is 2. The van der Waals surface area contributed by atoms with Gasteiger partial charge in [-0.05, 0) is 31.0 Å². The first-order chi connectivity index (χ1) is 11.4. The standard InChI is InChI=1S/C15H19F2N3O3S/c16-11-1-4-13(17)14(9-11)24(22,23)20-7-5-19(6-8-20)10-15(21)18-12-2-3-12/h1,4,9,12H,2-3,5-8,10H2,(H,18,21). The molecule has 6 nitrogen and oxygen atoms in total.